The molecule has 0 N–H and O–H groups in total. The lowest BCUT2D eigenvalue weighted by Gasteiger charge is -2.36. The summed E-state index contributed by atoms with van der Waals surface area (Å²) in [6, 6.07) is 0.344. The van der Waals surface area contributed by atoms with Crippen molar-refractivity contribution in [1.82, 2.24) is 4.90 Å². The lowest BCUT2D eigenvalue weighted by molar-refractivity contribution is -0.138. The molecular formula is C14H27NO. The van der Waals surface area contributed by atoms with Crippen LogP contribution < -0.4 is 0 Å². The summed E-state index contributed by atoms with van der Waals surface area (Å²) in [5.41, 5.74) is -0.00444. The number of nitrogens with zero attached hydrogens (tertiary/aromatic N) is 1. The molecule has 0 aromatic heterocycles. The number of likely N-dealkylation sites (tertiary alicyclic amines) is 1. The minimum Gasteiger partial charge on any atom is -0.335 e. The SMILES string of the molecule is CC1C(C)N(C(C)(C)C)C(=O)C1C(C)(C)C. The summed E-state index contributed by atoms with van der Waals surface area (Å²) in [5, 5.41) is 0. The second-order valence-electron chi connectivity index (χ2n) is 7.32. The molecule has 1 rings (SSSR count). The van der Waals surface area contributed by atoms with Gasteiger partial charge in [0.05, 0.1) is 0 Å². The Kier molecular flexibility index (Phi) is 3.17. The molecule has 1 heterocycles. The van der Waals surface area contributed by atoms with Gasteiger partial charge in [0, 0.05) is 17.5 Å². The van der Waals surface area contributed by atoms with Crippen LogP contribution in [-0.2, 0) is 4.79 Å². The number of hydrogen-bond donors (Lipinski definition) is 0. The molecule has 1 aliphatic rings. The average molecular weight is 225 g/mol. The number of amides is 1. The van der Waals surface area contributed by atoms with Gasteiger partial charge in [0.25, 0.3) is 0 Å². The Balaban J connectivity index is 3.09. The van der Waals surface area contributed by atoms with Crippen molar-refractivity contribution in [3.05, 3.63) is 0 Å². The van der Waals surface area contributed by atoms with Crippen LogP contribution in [0.2, 0.25) is 0 Å². The van der Waals surface area contributed by atoms with Crippen molar-refractivity contribution < 1.29 is 4.79 Å². The summed E-state index contributed by atoms with van der Waals surface area (Å²) < 4.78 is 0. The fourth-order valence-corrected chi connectivity index (χ4v) is 3.19. The van der Waals surface area contributed by atoms with E-state index in [9.17, 15) is 4.79 Å². The van der Waals surface area contributed by atoms with Gasteiger partial charge in [-0.2, -0.15) is 0 Å². The molecule has 3 unspecified atom stereocenters. The first-order valence-corrected chi connectivity index (χ1v) is 6.31. The predicted molar refractivity (Wildman–Crippen MR) is 68.2 cm³/mol. The molecular weight excluding hydrogens is 198 g/mol. The van der Waals surface area contributed by atoms with Gasteiger partial charge in [0.15, 0.2) is 0 Å². The summed E-state index contributed by atoms with van der Waals surface area (Å²) in [6.45, 7) is 17.3. The standard InChI is InChI=1S/C14H27NO/c1-9-10(2)15(14(6,7)8)12(16)11(9)13(3,4)5/h9-11H,1-8H3. The molecule has 3 atom stereocenters. The highest BCUT2D eigenvalue weighted by atomic mass is 16.2. The Morgan fingerprint density at radius 2 is 1.44 bits per heavy atom. The number of rotatable bonds is 0. The Labute approximate surface area is 100 Å². The van der Waals surface area contributed by atoms with Gasteiger partial charge in [-0.15, -0.1) is 0 Å². The van der Waals surface area contributed by atoms with Crippen molar-refractivity contribution in [2.24, 2.45) is 17.3 Å². The summed E-state index contributed by atoms with van der Waals surface area (Å²) in [4.78, 5) is 14.6. The molecule has 0 spiro atoms. The summed E-state index contributed by atoms with van der Waals surface area (Å²) in [6.07, 6.45) is 0. The second kappa shape index (κ2) is 3.75. The molecule has 0 saturated carbocycles. The van der Waals surface area contributed by atoms with Gasteiger partial charge < -0.3 is 4.90 Å². The van der Waals surface area contributed by atoms with E-state index in [2.05, 4.69) is 60.3 Å². The van der Waals surface area contributed by atoms with Crippen molar-refractivity contribution in [3.8, 4) is 0 Å². The second-order valence-corrected chi connectivity index (χ2v) is 7.32. The normalized spacial score (nSPS) is 32.4. The quantitative estimate of drug-likeness (QED) is 0.619. The van der Waals surface area contributed by atoms with Gasteiger partial charge in [-0.3, -0.25) is 4.79 Å². The highest BCUT2D eigenvalue weighted by Gasteiger charge is 2.51. The van der Waals surface area contributed by atoms with Crippen LogP contribution in [0.25, 0.3) is 0 Å². The van der Waals surface area contributed by atoms with Gasteiger partial charge in [-0.25, -0.2) is 0 Å². The minimum atomic E-state index is -0.0647. The summed E-state index contributed by atoms with van der Waals surface area (Å²) in [5.74, 6) is 0.924. The number of carbonyl (C=O) groups is 1. The maximum atomic E-state index is 12.5. The van der Waals surface area contributed by atoms with E-state index >= 15 is 0 Å². The van der Waals surface area contributed by atoms with Gasteiger partial charge >= 0.3 is 0 Å². The van der Waals surface area contributed by atoms with E-state index in [4.69, 9.17) is 0 Å². The minimum absolute atomic E-state index is 0.0603. The Morgan fingerprint density at radius 1 is 1.00 bits per heavy atom. The molecule has 0 aliphatic carbocycles. The smallest absolute Gasteiger partial charge is 0.227 e. The van der Waals surface area contributed by atoms with Crippen LogP contribution in [0.4, 0.5) is 0 Å². The first kappa shape index (κ1) is 13.5. The van der Waals surface area contributed by atoms with Gasteiger partial charge in [0.1, 0.15) is 0 Å². The van der Waals surface area contributed by atoms with Crippen LogP contribution in [0.15, 0.2) is 0 Å². The molecule has 1 saturated heterocycles. The summed E-state index contributed by atoms with van der Waals surface area (Å²) >= 11 is 0. The molecule has 1 fully saturated rings. The van der Waals surface area contributed by atoms with Gasteiger partial charge in [-0.05, 0) is 39.0 Å². The zero-order valence-corrected chi connectivity index (χ0v) is 12.1. The van der Waals surface area contributed by atoms with Gasteiger partial charge in [0.2, 0.25) is 5.91 Å². The third-order valence-corrected chi connectivity index (χ3v) is 3.85. The zero-order chi connectivity index (χ0) is 12.9. The predicted octanol–water partition coefficient (Wildman–Crippen LogP) is 3.31. The highest BCUT2D eigenvalue weighted by Crippen LogP contribution is 2.44. The zero-order valence-electron chi connectivity index (χ0n) is 12.1. The molecule has 2 nitrogen and oxygen atoms in total. The largest absolute Gasteiger partial charge is 0.335 e. The van der Waals surface area contributed by atoms with E-state index in [0.29, 0.717) is 17.9 Å². The first-order chi connectivity index (χ1) is 6.98. The van der Waals surface area contributed by atoms with Crippen molar-refractivity contribution in [1.29, 1.82) is 0 Å². The van der Waals surface area contributed by atoms with E-state index in [1.54, 1.807) is 0 Å². The topological polar surface area (TPSA) is 20.3 Å². The van der Waals surface area contributed by atoms with E-state index < -0.39 is 0 Å². The molecule has 2 heteroatoms. The van der Waals surface area contributed by atoms with Gasteiger partial charge in [-0.1, -0.05) is 27.7 Å². The van der Waals surface area contributed by atoms with Crippen LogP contribution in [0.1, 0.15) is 55.4 Å². The maximum Gasteiger partial charge on any atom is 0.227 e. The van der Waals surface area contributed by atoms with Crippen molar-refractivity contribution in [2.75, 3.05) is 0 Å². The van der Waals surface area contributed by atoms with Crippen molar-refractivity contribution in [2.45, 2.75) is 67.0 Å². The lowest BCUT2D eigenvalue weighted by atomic mass is 9.74. The highest BCUT2D eigenvalue weighted by molar-refractivity contribution is 5.83. The number of carbonyl (C=O) groups excluding carboxylic acids is 1. The fourth-order valence-electron chi connectivity index (χ4n) is 3.19. The molecule has 1 amide bonds. The summed E-state index contributed by atoms with van der Waals surface area (Å²) in [7, 11) is 0. The first-order valence-electron chi connectivity index (χ1n) is 6.31. The third-order valence-electron chi connectivity index (χ3n) is 3.85. The van der Waals surface area contributed by atoms with E-state index in [0.717, 1.165) is 0 Å². The molecule has 1 aliphatic heterocycles. The number of hydrogen-bond acceptors (Lipinski definition) is 1. The molecule has 16 heavy (non-hydrogen) atoms. The van der Waals surface area contributed by atoms with Crippen LogP contribution in [0, 0.1) is 17.3 Å². The van der Waals surface area contributed by atoms with Crippen LogP contribution >= 0.6 is 0 Å². The molecule has 0 aromatic carbocycles. The monoisotopic (exact) mass is 225 g/mol. The third kappa shape index (κ3) is 2.11. The van der Waals surface area contributed by atoms with Crippen molar-refractivity contribution >= 4 is 5.91 Å². The molecule has 0 bridgehead atoms. The van der Waals surface area contributed by atoms with Crippen molar-refractivity contribution in [3.63, 3.8) is 0 Å². The fraction of sp³-hybridized carbons (Fsp3) is 0.929. The van der Waals surface area contributed by atoms with E-state index in [1.807, 2.05) is 0 Å². The van der Waals surface area contributed by atoms with E-state index in [-0.39, 0.29) is 16.9 Å². The molecule has 0 aromatic rings. The van der Waals surface area contributed by atoms with E-state index in [1.165, 1.54) is 0 Å². The Bertz CT molecular complexity index is 254. The Morgan fingerprint density at radius 3 is 1.62 bits per heavy atom. The molecule has 0 radical (unpaired) electrons. The average Bonchev–Trinajstić information content (AvgIpc) is 2.19. The van der Waals surface area contributed by atoms with Crippen LogP contribution in [-0.4, -0.2) is 22.4 Å². The van der Waals surface area contributed by atoms with Crippen LogP contribution in [0.5, 0.6) is 0 Å². The van der Waals surface area contributed by atoms with Crippen LogP contribution in [0.3, 0.4) is 0 Å². The maximum absolute atomic E-state index is 12.5. The molecule has 94 valence electrons. The lowest BCUT2D eigenvalue weighted by Crippen LogP contribution is -2.47. The Hall–Kier alpha value is -0.530.